The third kappa shape index (κ3) is 3.65. The molecule has 0 saturated heterocycles. The minimum Gasteiger partial charge on any atom is -0.286 e. The molecule has 1 aliphatic carbocycles. The standard InChI is InChI=1S/C20H21N5O3S3/c1-12-18(30-13(2)22-12)10-24-16-5-4-15(31(27,28)23-20(3)6-7-20)8-17(16)25(19(24)26)14-9-21-29-11-14/h4-5,8-9,11,23H,6-7,10H2,1-3H3. The Labute approximate surface area is 187 Å². The fraction of sp³-hybridized carbons (Fsp3) is 0.350. The lowest BCUT2D eigenvalue weighted by atomic mass is 10.3. The van der Waals surface area contributed by atoms with Gasteiger partial charge in [-0.15, -0.1) is 11.3 Å². The summed E-state index contributed by atoms with van der Waals surface area (Å²) in [5, 5.41) is 2.72. The molecule has 11 heteroatoms. The number of sulfonamides is 1. The average Bonchev–Trinajstić information content (AvgIpc) is 3.05. The second-order valence-electron chi connectivity index (χ2n) is 8.14. The molecule has 1 N–H and O–H groups in total. The summed E-state index contributed by atoms with van der Waals surface area (Å²) >= 11 is 2.80. The summed E-state index contributed by atoms with van der Waals surface area (Å²) in [7, 11) is -3.69. The van der Waals surface area contributed by atoms with Crippen molar-refractivity contribution >= 4 is 43.9 Å². The fourth-order valence-corrected chi connectivity index (χ4v) is 6.57. The molecule has 31 heavy (non-hydrogen) atoms. The van der Waals surface area contributed by atoms with Crippen molar-refractivity contribution in [1.29, 1.82) is 0 Å². The van der Waals surface area contributed by atoms with Crippen LogP contribution in [0.4, 0.5) is 0 Å². The van der Waals surface area contributed by atoms with E-state index in [1.807, 2.05) is 20.8 Å². The Kier molecular flexibility index (Phi) is 4.70. The number of benzene rings is 1. The molecule has 3 aromatic heterocycles. The van der Waals surface area contributed by atoms with Crippen molar-refractivity contribution in [2.45, 2.75) is 50.6 Å². The SMILES string of the molecule is Cc1nc(C)c(Cn2c(=O)n(-c3cnsc3)c3cc(S(=O)(=O)NC4(C)CC4)ccc32)s1. The fourth-order valence-electron chi connectivity index (χ4n) is 3.65. The van der Waals surface area contributed by atoms with Gasteiger partial charge in [-0.25, -0.2) is 22.9 Å². The summed E-state index contributed by atoms with van der Waals surface area (Å²) in [6.45, 7) is 6.14. The molecule has 1 saturated carbocycles. The zero-order chi connectivity index (χ0) is 22.0. The van der Waals surface area contributed by atoms with Crippen molar-refractivity contribution in [3.05, 3.63) is 55.8 Å². The molecule has 4 aromatic rings. The van der Waals surface area contributed by atoms with E-state index >= 15 is 0 Å². The van der Waals surface area contributed by atoms with Crippen molar-refractivity contribution in [3.63, 3.8) is 0 Å². The number of hydrogen-bond donors (Lipinski definition) is 1. The zero-order valence-corrected chi connectivity index (χ0v) is 19.7. The molecule has 8 nitrogen and oxygen atoms in total. The second kappa shape index (κ2) is 7.09. The molecule has 162 valence electrons. The molecule has 0 radical (unpaired) electrons. The van der Waals surface area contributed by atoms with Gasteiger partial charge in [0.1, 0.15) is 0 Å². The van der Waals surface area contributed by atoms with E-state index in [2.05, 4.69) is 14.1 Å². The van der Waals surface area contributed by atoms with E-state index in [9.17, 15) is 13.2 Å². The molecule has 0 spiro atoms. The quantitative estimate of drug-likeness (QED) is 0.462. The molecule has 0 bridgehead atoms. The molecule has 0 aliphatic heterocycles. The largest absolute Gasteiger partial charge is 0.334 e. The predicted molar refractivity (Wildman–Crippen MR) is 122 cm³/mol. The van der Waals surface area contributed by atoms with E-state index in [0.717, 1.165) is 28.4 Å². The Bertz CT molecular complexity index is 1460. The third-order valence-corrected chi connectivity index (χ3v) is 8.84. The van der Waals surface area contributed by atoms with Gasteiger partial charge in [0.05, 0.1) is 45.1 Å². The number of nitrogens with zero attached hydrogens (tertiary/aromatic N) is 4. The highest BCUT2D eigenvalue weighted by Crippen LogP contribution is 2.36. The first-order valence-corrected chi connectivity index (χ1v) is 12.9. The first-order chi connectivity index (χ1) is 14.7. The number of imidazole rings is 1. The van der Waals surface area contributed by atoms with Gasteiger partial charge in [0.15, 0.2) is 0 Å². The lowest BCUT2D eigenvalue weighted by Crippen LogP contribution is -2.34. The summed E-state index contributed by atoms with van der Waals surface area (Å²) in [6, 6.07) is 4.84. The van der Waals surface area contributed by atoms with E-state index in [0.29, 0.717) is 23.3 Å². The van der Waals surface area contributed by atoms with Crippen molar-refractivity contribution in [2.75, 3.05) is 0 Å². The molecule has 0 unspecified atom stereocenters. The van der Waals surface area contributed by atoms with E-state index < -0.39 is 10.0 Å². The van der Waals surface area contributed by atoms with Crippen molar-refractivity contribution in [1.82, 2.24) is 23.2 Å². The van der Waals surface area contributed by atoms with Crippen LogP contribution < -0.4 is 10.4 Å². The first-order valence-electron chi connectivity index (χ1n) is 9.79. The number of aromatic nitrogens is 4. The summed E-state index contributed by atoms with van der Waals surface area (Å²) in [5.74, 6) is 0. The van der Waals surface area contributed by atoms with Crippen molar-refractivity contribution < 1.29 is 8.42 Å². The Morgan fingerprint density at radius 2 is 2.00 bits per heavy atom. The summed E-state index contributed by atoms with van der Waals surface area (Å²) in [4.78, 5) is 19.0. The second-order valence-corrected chi connectivity index (χ2v) is 11.8. The molecule has 0 atom stereocenters. The van der Waals surface area contributed by atoms with Crippen LogP contribution in [0, 0.1) is 13.8 Å². The molecule has 3 heterocycles. The maximum absolute atomic E-state index is 13.4. The number of hydrogen-bond acceptors (Lipinski definition) is 7. The molecular weight excluding hydrogens is 454 g/mol. The van der Waals surface area contributed by atoms with Crippen LogP contribution in [-0.4, -0.2) is 32.4 Å². The van der Waals surface area contributed by atoms with Crippen LogP contribution in [0.2, 0.25) is 0 Å². The van der Waals surface area contributed by atoms with E-state index in [1.54, 1.807) is 45.7 Å². The van der Waals surface area contributed by atoms with Gasteiger partial charge < -0.3 is 0 Å². The van der Waals surface area contributed by atoms with Gasteiger partial charge in [0, 0.05) is 15.8 Å². The minimum absolute atomic E-state index is 0.145. The molecule has 0 amide bonds. The van der Waals surface area contributed by atoms with Crippen LogP contribution in [-0.2, 0) is 16.6 Å². The maximum Gasteiger partial charge on any atom is 0.334 e. The lowest BCUT2D eigenvalue weighted by Gasteiger charge is -2.12. The van der Waals surface area contributed by atoms with Crippen LogP contribution in [0.3, 0.4) is 0 Å². The Morgan fingerprint density at radius 1 is 1.23 bits per heavy atom. The molecule has 1 aromatic carbocycles. The monoisotopic (exact) mass is 475 g/mol. The van der Waals surface area contributed by atoms with Crippen LogP contribution in [0.15, 0.2) is 39.5 Å². The van der Waals surface area contributed by atoms with Crippen molar-refractivity contribution in [2.24, 2.45) is 0 Å². The number of aryl methyl sites for hydroxylation is 2. The third-order valence-electron chi connectivity index (χ3n) is 5.57. The van der Waals surface area contributed by atoms with Gasteiger partial charge >= 0.3 is 5.69 Å². The number of thiazole rings is 1. The number of nitrogens with one attached hydrogen (secondary N) is 1. The predicted octanol–water partition coefficient (Wildman–Crippen LogP) is 3.20. The van der Waals surface area contributed by atoms with Gasteiger partial charge in [0.25, 0.3) is 0 Å². The summed E-state index contributed by atoms with van der Waals surface area (Å²) < 4.78 is 36.0. The molecule has 5 rings (SSSR count). The van der Waals surface area contributed by atoms with Gasteiger partial charge in [-0.3, -0.25) is 9.13 Å². The average molecular weight is 476 g/mol. The van der Waals surface area contributed by atoms with Crippen LogP contribution in [0.1, 0.15) is 35.3 Å². The van der Waals surface area contributed by atoms with E-state index in [4.69, 9.17) is 0 Å². The summed E-state index contributed by atoms with van der Waals surface area (Å²) in [5.41, 5.74) is 2.10. The normalized spacial score (nSPS) is 15.6. The molecule has 1 aliphatic rings. The van der Waals surface area contributed by atoms with E-state index in [-0.39, 0.29) is 16.1 Å². The smallest absolute Gasteiger partial charge is 0.286 e. The number of fused-ring (bicyclic) bond motifs is 1. The lowest BCUT2D eigenvalue weighted by molar-refractivity contribution is 0.558. The maximum atomic E-state index is 13.4. The van der Waals surface area contributed by atoms with Gasteiger partial charge in [-0.05, 0) is 63.3 Å². The highest BCUT2D eigenvalue weighted by Gasteiger charge is 2.41. The highest BCUT2D eigenvalue weighted by molar-refractivity contribution is 7.89. The topological polar surface area (TPSA) is 98.9 Å². The molecule has 1 fully saturated rings. The highest BCUT2D eigenvalue weighted by atomic mass is 32.2. The first kappa shape index (κ1) is 20.6. The van der Waals surface area contributed by atoms with Crippen LogP contribution >= 0.6 is 22.9 Å². The number of rotatable bonds is 6. The van der Waals surface area contributed by atoms with Gasteiger partial charge in [0.2, 0.25) is 10.0 Å². The van der Waals surface area contributed by atoms with Crippen LogP contribution in [0.25, 0.3) is 16.7 Å². The molecular formula is C20H21N5O3S3. The summed E-state index contributed by atoms with van der Waals surface area (Å²) in [6.07, 6.45) is 3.26. The zero-order valence-electron chi connectivity index (χ0n) is 17.2. The Morgan fingerprint density at radius 3 is 2.61 bits per heavy atom. The Balaban J connectivity index is 1.69. The van der Waals surface area contributed by atoms with E-state index in [1.165, 1.54) is 16.1 Å². The van der Waals surface area contributed by atoms with Crippen molar-refractivity contribution in [3.8, 4) is 5.69 Å². The van der Waals surface area contributed by atoms with Gasteiger partial charge in [-0.1, -0.05) is 0 Å². The minimum atomic E-state index is -3.69. The Hall–Kier alpha value is -2.34. The van der Waals surface area contributed by atoms with Gasteiger partial charge in [-0.2, -0.15) is 4.37 Å². The van der Waals surface area contributed by atoms with Crippen LogP contribution in [0.5, 0.6) is 0 Å².